The van der Waals surface area contributed by atoms with Gasteiger partial charge in [0.25, 0.3) is 0 Å². The summed E-state index contributed by atoms with van der Waals surface area (Å²) in [6.45, 7) is 5.60. The number of hydrogen-bond donors (Lipinski definition) is 1. The summed E-state index contributed by atoms with van der Waals surface area (Å²) in [5.74, 6) is 1.97. The van der Waals surface area contributed by atoms with Crippen molar-refractivity contribution in [2.75, 3.05) is 21.3 Å². The number of ether oxygens (including phenoxy) is 3. The van der Waals surface area contributed by atoms with E-state index in [1.165, 1.54) is 25.9 Å². The van der Waals surface area contributed by atoms with E-state index in [2.05, 4.69) is 15.5 Å². The first-order valence-electron chi connectivity index (χ1n) is 11.4. The molecule has 0 saturated carbocycles. The Kier molecular flexibility index (Phi) is 7.00. The molecule has 0 bridgehead atoms. The number of amides is 1. The van der Waals surface area contributed by atoms with Crippen LogP contribution >= 0.6 is 0 Å². The van der Waals surface area contributed by atoms with E-state index in [0.717, 1.165) is 11.1 Å². The maximum absolute atomic E-state index is 13.3. The first-order chi connectivity index (χ1) is 17.3. The lowest BCUT2D eigenvalue weighted by Crippen LogP contribution is -2.33. The van der Waals surface area contributed by atoms with Gasteiger partial charge in [0.05, 0.1) is 32.4 Å². The number of nitrogens with zero attached hydrogens (tertiary/aromatic N) is 4. The summed E-state index contributed by atoms with van der Waals surface area (Å²) in [5, 5.41) is 6.83. The summed E-state index contributed by atoms with van der Waals surface area (Å²) >= 11 is 0. The molecule has 11 nitrogen and oxygen atoms in total. The highest BCUT2D eigenvalue weighted by Crippen LogP contribution is 2.38. The second kappa shape index (κ2) is 10.1. The molecule has 0 unspecified atom stereocenters. The number of carbonyl (C=O) groups excluding carboxylic acids is 1. The van der Waals surface area contributed by atoms with Gasteiger partial charge in [0.15, 0.2) is 11.5 Å². The first-order valence-corrected chi connectivity index (χ1v) is 11.4. The van der Waals surface area contributed by atoms with Crippen LogP contribution in [0.15, 0.2) is 39.6 Å². The quantitative estimate of drug-likeness (QED) is 0.376. The van der Waals surface area contributed by atoms with E-state index in [4.69, 9.17) is 18.7 Å². The summed E-state index contributed by atoms with van der Waals surface area (Å²) in [7, 11) is 4.58. The molecule has 0 atom stereocenters. The molecule has 190 valence electrons. The van der Waals surface area contributed by atoms with Gasteiger partial charge in [0, 0.05) is 25.1 Å². The molecule has 11 heteroatoms. The molecule has 2 aromatic heterocycles. The third-order valence-electron chi connectivity index (χ3n) is 5.78. The Morgan fingerprint density at radius 1 is 1.06 bits per heavy atom. The van der Waals surface area contributed by atoms with Gasteiger partial charge in [0.1, 0.15) is 6.54 Å². The minimum absolute atomic E-state index is 0.0955. The third kappa shape index (κ3) is 4.64. The molecule has 0 spiro atoms. The van der Waals surface area contributed by atoms with Gasteiger partial charge in [-0.1, -0.05) is 5.16 Å². The van der Waals surface area contributed by atoms with Crippen molar-refractivity contribution in [3.05, 3.63) is 52.3 Å². The topological polar surface area (TPSA) is 123 Å². The number of aromatic nitrogens is 4. The number of benzene rings is 2. The maximum atomic E-state index is 13.3. The van der Waals surface area contributed by atoms with Gasteiger partial charge in [-0.05, 0) is 49.7 Å². The van der Waals surface area contributed by atoms with Crippen molar-refractivity contribution in [1.82, 2.24) is 24.6 Å². The molecule has 0 saturated heterocycles. The lowest BCUT2D eigenvalue weighted by molar-refractivity contribution is -0.121. The van der Waals surface area contributed by atoms with Gasteiger partial charge in [-0.25, -0.2) is 4.79 Å². The minimum atomic E-state index is -0.325. The average Bonchev–Trinajstić information content (AvgIpc) is 3.42. The van der Waals surface area contributed by atoms with Crippen LogP contribution in [0.4, 0.5) is 0 Å². The van der Waals surface area contributed by atoms with E-state index in [0.29, 0.717) is 40.0 Å². The summed E-state index contributed by atoms with van der Waals surface area (Å²) in [6.07, 6.45) is 0. The number of carbonyl (C=O) groups is 1. The number of nitrogens with one attached hydrogen (secondary N) is 1. The first kappa shape index (κ1) is 24.8. The SMILES string of the molecule is COc1cc(CNC(=O)Cn2c(=O)n(C(C)C)c3ccc(-c4noc(C)n4)cc32)cc(OC)c1OC. The zero-order valence-corrected chi connectivity index (χ0v) is 21.1. The molecule has 4 rings (SSSR count). The molecule has 36 heavy (non-hydrogen) atoms. The van der Waals surface area contributed by atoms with E-state index in [9.17, 15) is 9.59 Å². The van der Waals surface area contributed by atoms with Crippen molar-refractivity contribution in [3.63, 3.8) is 0 Å². The Bertz CT molecular complexity index is 1440. The second-order valence-electron chi connectivity index (χ2n) is 8.48. The van der Waals surface area contributed by atoms with Gasteiger partial charge in [-0.15, -0.1) is 0 Å². The van der Waals surface area contributed by atoms with Crippen molar-refractivity contribution in [3.8, 4) is 28.6 Å². The normalized spacial score (nSPS) is 11.2. The highest BCUT2D eigenvalue weighted by Gasteiger charge is 2.20. The number of hydrogen-bond acceptors (Lipinski definition) is 8. The predicted octanol–water partition coefficient (Wildman–Crippen LogP) is 3.08. The molecule has 2 aromatic carbocycles. The summed E-state index contributed by atoms with van der Waals surface area (Å²) in [4.78, 5) is 30.5. The Morgan fingerprint density at radius 3 is 2.31 bits per heavy atom. The summed E-state index contributed by atoms with van der Waals surface area (Å²) < 4.78 is 24.3. The smallest absolute Gasteiger partial charge is 0.329 e. The third-order valence-corrected chi connectivity index (χ3v) is 5.78. The fraction of sp³-hybridized carbons (Fsp3) is 0.360. The van der Waals surface area contributed by atoms with Crippen LogP contribution in [0.2, 0.25) is 0 Å². The Morgan fingerprint density at radius 2 is 1.75 bits per heavy atom. The average molecular weight is 496 g/mol. The van der Waals surface area contributed by atoms with Crippen LogP contribution in [0.25, 0.3) is 22.4 Å². The monoisotopic (exact) mass is 495 g/mol. The fourth-order valence-corrected chi connectivity index (χ4v) is 4.12. The summed E-state index contributed by atoms with van der Waals surface area (Å²) in [5.41, 5.74) is 2.49. The molecule has 0 fully saturated rings. The van der Waals surface area contributed by atoms with Crippen molar-refractivity contribution < 1.29 is 23.5 Å². The van der Waals surface area contributed by atoms with Crippen molar-refractivity contribution in [1.29, 1.82) is 0 Å². The Hall–Kier alpha value is -4.28. The Labute approximate surface area is 207 Å². The summed E-state index contributed by atoms with van der Waals surface area (Å²) in [6, 6.07) is 8.89. The number of rotatable bonds is 9. The van der Waals surface area contributed by atoms with E-state index >= 15 is 0 Å². The van der Waals surface area contributed by atoms with Crippen molar-refractivity contribution in [2.45, 2.75) is 39.9 Å². The molecule has 0 radical (unpaired) electrons. The number of imidazole rings is 1. The molecule has 1 N–H and O–H groups in total. The van der Waals surface area contributed by atoms with Gasteiger partial charge in [0.2, 0.25) is 23.4 Å². The van der Waals surface area contributed by atoms with Crippen LogP contribution < -0.4 is 25.2 Å². The van der Waals surface area contributed by atoms with E-state index < -0.39 is 0 Å². The lowest BCUT2D eigenvalue weighted by Gasteiger charge is -2.14. The van der Waals surface area contributed by atoms with Crippen LogP contribution in [-0.4, -0.2) is 46.5 Å². The van der Waals surface area contributed by atoms with Crippen molar-refractivity contribution in [2.24, 2.45) is 0 Å². The van der Waals surface area contributed by atoms with Crippen LogP contribution in [-0.2, 0) is 17.9 Å². The lowest BCUT2D eigenvalue weighted by atomic mass is 10.1. The number of fused-ring (bicyclic) bond motifs is 1. The standard InChI is InChI=1S/C25H29N5O6/c1-14(2)30-18-8-7-17(24-27-15(3)36-28-24)11-19(18)29(25(30)32)13-22(31)26-12-16-9-20(33-4)23(35-6)21(10-16)34-5/h7-11,14H,12-13H2,1-6H3,(H,26,31). The van der Waals surface area contributed by atoms with Crippen LogP contribution in [0, 0.1) is 6.92 Å². The number of aryl methyl sites for hydroxylation is 1. The molecule has 0 aliphatic carbocycles. The van der Waals surface area contributed by atoms with E-state index in [1.54, 1.807) is 29.7 Å². The molecule has 4 aromatic rings. The van der Waals surface area contributed by atoms with Gasteiger partial charge in [-0.2, -0.15) is 4.98 Å². The minimum Gasteiger partial charge on any atom is -0.493 e. The maximum Gasteiger partial charge on any atom is 0.329 e. The molecule has 1 amide bonds. The molecular formula is C25H29N5O6. The van der Waals surface area contributed by atoms with Gasteiger partial charge in [-0.3, -0.25) is 13.9 Å². The van der Waals surface area contributed by atoms with E-state index in [1.807, 2.05) is 26.0 Å². The highest BCUT2D eigenvalue weighted by atomic mass is 16.5. The Balaban J connectivity index is 1.63. The molecular weight excluding hydrogens is 466 g/mol. The molecule has 2 heterocycles. The van der Waals surface area contributed by atoms with E-state index in [-0.39, 0.29) is 30.7 Å². The fourth-order valence-electron chi connectivity index (χ4n) is 4.12. The van der Waals surface area contributed by atoms with Crippen LogP contribution in [0.3, 0.4) is 0 Å². The zero-order valence-electron chi connectivity index (χ0n) is 21.1. The molecule has 0 aliphatic heterocycles. The van der Waals surface area contributed by atoms with Crippen molar-refractivity contribution >= 4 is 16.9 Å². The van der Waals surface area contributed by atoms with Gasteiger partial charge < -0.3 is 24.1 Å². The zero-order chi connectivity index (χ0) is 26.0. The van der Waals surface area contributed by atoms with Crippen LogP contribution in [0.5, 0.6) is 17.2 Å². The van der Waals surface area contributed by atoms with Crippen LogP contribution in [0.1, 0.15) is 31.3 Å². The van der Waals surface area contributed by atoms with Gasteiger partial charge >= 0.3 is 5.69 Å². The largest absolute Gasteiger partial charge is 0.493 e. The molecule has 0 aliphatic rings. The number of methoxy groups -OCH3 is 3. The highest BCUT2D eigenvalue weighted by molar-refractivity contribution is 5.84. The predicted molar refractivity (Wildman–Crippen MR) is 133 cm³/mol. The second-order valence-corrected chi connectivity index (χ2v) is 8.48.